The maximum Gasteiger partial charge on any atom is 0.216 e. The van der Waals surface area contributed by atoms with Gasteiger partial charge in [0, 0.05) is 29.7 Å². The Morgan fingerprint density at radius 3 is 2.61 bits per heavy atom. The van der Waals surface area contributed by atoms with Gasteiger partial charge in [-0.25, -0.2) is 0 Å². The molecule has 1 amide bonds. The van der Waals surface area contributed by atoms with Crippen molar-refractivity contribution in [3.63, 3.8) is 0 Å². The molecule has 0 bridgehead atoms. The van der Waals surface area contributed by atoms with Crippen LogP contribution >= 0.6 is 34.7 Å². The van der Waals surface area contributed by atoms with Gasteiger partial charge < -0.3 is 10.6 Å². The fraction of sp³-hybridized carbons (Fsp3) is 0.273. The third-order valence-electron chi connectivity index (χ3n) is 4.59. The summed E-state index contributed by atoms with van der Waals surface area (Å²) in [7, 11) is 0. The molecule has 2 aromatic carbocycles. The van der Waals surface area contributed by atoms with E-state index in [2.05, 4.69) is 20.8 Å². The average molecular weight is 475 g/mol. The first-order valence-electron chi connectivity index (χ1n) is 9.73. The molecule has 1 atom stereocenters. The normalized spacial score (nSPS) is 11.7. The maximum atomic E-state index is 12.8. The number of ketones is 1. The van der Waals surface area contributed by atoms with Crippen LogP contribution in [0, 0.1) is 6.92 Å². The fourth-order valence-electron chi connectivity index (χ4n) is 2.82. The van der Waals surface area contributed by atoms with Gasteiger partial charge in [-0.1, -0.05) is 65.0 Å². The van der Waals surface area contributed by atoms with Crippen molar-refractivity contribution in [3.05, 3.63) is 64.2 Å². The molecule has 6 nitrogen and oxygen atoms in total. The van der Waals surface area contributed by atoms with E-state index in [4.69, 9.17) is 11.6 Å². The van der Waals surface area contributed by atoms with Crippen LogP contribution < -0.4 is 10.6 Å². The summed E-state index contributed by atoms with van der Waals surface area (Å²) < 4.78 is 0.718. The lowest BCUT2D eigenvalue weighted by atomic mass is 10.0. The number of aromatic nitrogens is 2. The summed E-state index contributed by atoms with van der Waals surface area (Å²) in [6.45, 7) is 5.88. The molecule has 1 unspecified atom stereocenters. The molecule has 3 rings (SSSR count). The van der Waals surface area contributed by atoms with Crippen molar-refractivity contribution < 1.29 is 9.59 Å². The van der Waals surface area contributed by atoms with Gasteiger partial charge in [-0.15, -0.1) is 10.2 Å². The third-order valence-corrected chi connectivity index (χ3v) is 7.02. The van der Waals surface area contributed by atoms with Gasteiger partial charge >= 0.3 is 0 Å². The van der Waals surface area contributed by atoms with Crippen LogP contribution in [-0.2, 0) is 11.2 Å². The molecule has 1 heterocycles. The highest BCUT2D eigenvalue weighted by atomic mass is 35.5. The van der Waals surface area contributed by atoms with Gasteiger partial charge in [-0.05, 0) is 43.5 Å². The zero-order chi connectivity index (χ0) is 22.4. The second-order valence-electron chi connectivity index (χ2n) is 6.96. The lowest BCUT2D eigenvalue weighted by Crippen LogP contribution is -2.22. The Morgan fingerprint density at radius 1 is 1.16 bits per heavy atom. The molecule has 31 heavy (non-hydrogen) atoms. The minimum Gasteiger partial charge on any atom is -0.356 e. The number of halogens is 1. The van der Waals surface area contributed by atoms with Gasteiger partial charge in [0.05, 0.1) is 5.25 Å². The van der Waals surface area contributed by atoms with Gasteiger partial charge in [0.1, 0.15) is 0 Å². The van der Waals surface area contributed by atoms with Crippen LogP contribution in [0.4, 0.5) is 10.8 Å². The van der Waals surface area contributed by atoms with E-state index in [1.165, 1.54) is 30.0 Å². The highest BCUT2D eigenvalue weighted by molar-refractivity contribution is 8.02. The predicted molar refractivity (Wildman–Crippen MR) is 128 cm³/mol. The molecule has 0 aliphatic rings. The Kier molecular flexibility index (Phi) is 8.06. The topological polar surface area (TPSA) is 84.0 Å². The van der Waals surface area contributed by atoms with E-state index in [-0.39, 0.29) is 16.9 Å². The van der Waals surface area contributed by atoms with Crippen LogP contribution in [0.15, 0.2) is 46.8 Å². The Morgan fingerprint density at radius 2 is 1.90 bits per heavy atom. The Balaban J connectivity index is 1.57. The van der Waals surface area contributed by atoms with Crippen molar-refractivity contribution in [2.75, 3.05) is 11.9 Å². The molecule has 0 fully saturated rings. The molecule has 0 aliphatic carbocycles. The molecule has 0 radical (unpaired) electrons. The molecule has 162 valence electrons. The van der Waals surface area contributed by atoms with Crippen molar-refractivity contribution in [1.29, 1.82) is 0 Å². The minimum atomic E-state index is -0.293. The number of amides is 1. The Bertz CT molecular complexity index is 1070. The number of anilines is 2. The number of benzene rings is 2. The summed E-state index contributed by atoms with van der Waals surface area (Å²) in [5, 5.41) is 15.4. The van der Waals surface area contributed by atoms with E-state index in [9.17, 15) is 9.59 Å². The molecule has 3 aromatic rings. The largest absolute Gasteiger partial charge is 0.356 e. The fourth-order valence-corrected chi connectivity index (χ4v) is 4.98. The molecule has 0 saturated carbocycles. The number of Topliss-reactive ketones (excluding diaryl/α,β-unsaturated/α-hetero) is 1. The monoisotopic (exact) mass is 474 g/mol. The maximum absolute atomic E-state index is 12.8. The van der Waals surface area contributed by atoms with Crippen molar-refractivity contribution in [1.82, 2.24) is 15.5 Å². The highest BCUT2D eigenvalue weighted by Crippen LogP contribution is 2.33. The van der Waals surface area contributed by atoms with Crippen LogP contribution in [-0.4, -0.2) is 33.7 Å². The van der Waals surface area contributed by atoms with Crippen LogP contribution in [0.25, 0.3) is 0 Å². The van der Waals surface area contributed by atoms with Gasteiger partial charge in [0.2, 0.25) is 11.0 Å². The number of nitrogens with one attached hydrogen (secondary N) is 2. The molecule has 0 spiro atoms. The summed E-state index contributed by atoms with van der Waals surface area (Å²) in [6.07, 6.45) is 0.727. The SMILES string of the molecule is CC(=O)NCCc1ccc(C(=O)C(C)Sc2nnc(Nc3cccc(Cl)c3C)s2)cc1. The molecule has 9 heteroatoms. The van der Waals surface area contributed by atoms with Crippen molar-refractivity contribution >= 4 is 57.2 Å². The second-order valence-corrected chi connectivity index (χ2v) is 9.94. The van der Waals surface area contributed by atoms with E-state index in [1.807, 2.05) is 56.3 Å². The summed E-state index contributed by atoms with van der Waals surface area (Å²) in [5.74, 6) is -0.0100. The van der Waals surface area contributed by atoms with Crippen molar-refractivity contribution in [2.45, 2.75) is 36.8 Å². The molecule has 0 aliphatic heterocycles. The lowest BCUT2D eigenvalue weighted by Gasteiger charge is -2.09. The number of rotatable bonds is 9. The Labute approximate surface area is 194 Å². The van der Waals surface area contributed by atoms with Gasteiger partial charge in [0.25, 0.3) is 0 Å². The standard InChI is InChI=1S/C22H23ClN4O2S2/c1-13-18(23)5-4-6-19(13)25-21-26-27-22(31-21)30-14(2)20(29)17-9-7-16(8-10-17)11-12-24-15(3)28/h4-10,14H,11-12H2,1-3H3,(H,24,28)(H,25,26). The average Bonchev–Trinajstić information content (AvgIpc) is 3.18. The minimum absolute atomic E-state index is 0.0359. The summed E-state index contributed by atoms with van der Waals surface area (Å²) in [4.78, 5) is 23.7. The van der Waals surface area contributed by atoms with Crippen LogP contribution in [0.1, 0.15) is 35.3 Å². The molecule has 2 N–H and O–H groups in total. The van der Waals surface area contributed by atoms with E-state index < -0.39 is 0 Å². The Hall–Kier alpha value is -2.42. The van der Waals surface area contributed by atoms with Gasteiger partial charge in [0.15, 0.2) is 10.1 Å². The van der Waals surface area contributed by atoms with E-state index in [0.29, 0.717) is 22.3 Å². The van der Waals surface area contributed by atoms with Gasteiger partial charge in [-0.3, -0.25) is 9.59 Å². The second kappa shape index (κ2) is 10.7. The zero-order valence-corrected chi connectivity index (χ0v) is 19.8. The summed E-state index contributed by atoms with van der Waals surface area (Å²) in [6, 6.07) is 13.2. The summed E-state index contributed by atoms with van der Waals surface area (Å²) in [5.41, 5.74) is 3.54. The number of hydrogen-bond donors (Lipinski definition) is 2. The summed E-state index contributed by atoms with van der Waals surface area (Å²) >= 11 is 8.95. The van der Waals surface area contributed by atoms with Crippen molar-refractivity contribution in [2.24, 2.45) is 0 Å². The van der Waals surface area contributed by atoms with E-state index in [0.717, 1.165) is 27.6 Å². The van der Waals surface area contributed by atoms with E-state index in [1.54, 1.807) is 0 Å². The molecule has 1 aromatic heterocycles. The number of hydrogen-bond acceptors (Lipinski definition) is 7. The zero-order valence-electron chi connectivity index (χ0n) is 17.4. The smallest absolute Gasteiger partial charge is 0.216 e. The quantitative estimate of drug-likeness (QED) is 0.324. The number of carbonyl (C=O) groups excluding carboxylic acids is 2. The number of nitrogens with zero attached hydrogens (tertiary/aromatic N) is 2. The number of carbonyl (C=O) groups is 2. The van der Waals surface area contributed by atoms with Crippen LogP contribution in [0.3, 0.4) is 0 Å². The highest BCUT2D eigenvalue weighted by Gasteiger charge is 2.19. The first-order valence-corrected chi connectivity index (χ1v) is 11.8. The van der Waals surface area contributed by atoms with Crippen LogP contribution in [0.5, 0.6) is 0 Å². The molecular weight excluding hydrogens is 452 g/mol. The lowest BCUT2D eigenvalue weighted by molar-refractivity contribution is -0.118. The predicted octanol–water partition coefficient (Wildman–Crippen LogP) is 5.29. The van der Waals surface area contributed by atoms with Crippen molar-refractivity contribution in [3.8, 4) is 0 Å². The molecule has 0 saturated heterocycles. The van der Waals surface area contributed by atoms with Gasteiger partial charge in [-0.2, -0.15) is 0 Å². The molecular formula is C22H23ClN4O2S2. The van der Waals surface area contributed by atoms with Crippen LogP contribution in [0.2, 0.25) is 5.02 Å². The number of thioether (sulfide) groups is 1. The third kappa shape index (κ3) is 6.53. The van der Waals surface area contributed by atoms with E-state index >= 15 is 0 Å². The first kappa shape index (κ1) is 23.2. The first-order chi connectivity index (χ1) is 14.8.